The average molecular weight is 393 g/mol. The second kappa shape index (κ2) is 9.45. The van der Waals surface area contributed by atoms with Gasteiger partial charge in [-0.15, -0.1) is 0 Å². The van der Waals surface area contributed by atoms with Gasteiger partial charge in [0.15, 0.2) is 6.10 Å². The molecule has 0 aliphatic rings. The lowest BCUT2D eigenvalue weighted by molar-refractivity contribution is -0.127. The number of carbonyl (C=O) groups is 2. The van der Waals surface area contributed by atoms with Gasteiger partial charge in [0.1, 0.15) is 11.5 Å². The van der Waals surface area contributed by atoms with Crippen LogP contribution in [0, 0.1) is 0 Å². The van der Waals surface area contributed by atoms with Gasteiger partial charge in [-0.05, 0) is 67.6 Å². The summed E-state index contributed by atoms with van der Waals surface area (Å²) < 4.78 is 7.46. The van der Waals surface area contributed by atoms with E-state index in [2.05, 4.69) is 10.6 Å². The lowest BCUT2D eigenvalue weighted by Gasteiger charge is -2.15. The Hall–Kier alpha value is -3.74. The van der Waals surface area contributed by atoms with Crippen LogP contribution in [0.25, 0.3) is 5.69 Å². The molecule has 1 unspecified atom stereocenters. The number of amides is 2. The third kappa shape index (κ3) is 5.62. The highest BCUT2D eigenvalue weighted by Crippen LogP contribution is 2.17. The zero-order valence-corrected chi connectivity index (χ0v) is 16.0. The Kier molecular flexibility index (Phi) is 6.52. The number of aromatic nitrogens is 1. The van der Waals surface area contributed by atoms with Gasteiger partial charge in [-0.3, -0.25) is 9.59 Å². The summed E-state index contributed by atoms with van der Waals surface area (Å²) in [5.74, 6) is 0.127. The number of benzene rings is 2. The fraction of sp³-hybridized carbons (Fsp3) is 0.182. The Labute approximate surface area is 168 Å². The van der Waals surface area contributed by atoms with Gasteiger partial charge in [0.25, 0.3) is 11.8 Å². The van der Waals surface area contributed by atoms with E-state index in [9.17, 15) is 14.7 Å². The Bertz CT molecular complexity index is 935. The van der Waals surface area contributed by atoms with Gasteiger partial charge in [-0.25, -0.2) is 0 Å². The Balaban J connectivity index is 1.39. The number of phenolic OH excluding ortho intramolecular Hbond substituents is 1. The van der Waals surface area contributed by atoms with E-state index in [1.165, 1.54) is 12.1 Å². The molecule has 0 bridgehead atoms. The molecule has 1 aromatic heterocycles. The summed E-state index contributed by atoms with van der Waals surface area (Å²) in [5.41, 5.74) is 1.53. The molecule has 0 fully saturated rings. The number of nitrogens with zero attached hydrogens (tertiary/aromatic N) is 1. The molecule has 0 spiro atoms. The molecule has 7 heteroatoms. The zero-order chi connectivity index (χ0) is 20.6. The van der Waals surface area contributed by atoms with E-state index < -0.39 is 6.10 Å². The molecule has 3 aromatic rings. The van der Waals surface area contributed by atoms with E-state index in [1.54, 1.807) is 31.2 Å². The maximum atomic E-state index is 12.2. The second-order valence-corrected chi connectivity index (χ2v) is 6.44. The molecule has 3 N–H and O–H groups in total. The maximum Gasteiger partial charge on any atom is 0.260 e. The van der Waals surface area contributed by atoms with E-state index in [4.69, 9.17) is 4.74 Å². The number of phenols is 1. The molecular weight excluding hydrogens is 370 g/mol. The van der Waals surface area contributed by atoms with Crippen molar-refractivity contribution >= 4 is 11.8 Å². The lowest BCUT2D eigenvalue weighted by Crippen LogP contribution is -2.40. The number of nitrogens with one attached hydrogen (secondary N) is 2. The minimum absolute atomic E-state index is 0.129. The maximum absolute atomic E-state index is 12.2. The first-order chi connectivity index (χ1) is 14.0. The fourth-order valence-electron chi connectivity index (χ4n) is 2.68. The van der Waals surface area contributed by atoms with E-state index >= 15 is 0 Å². The molecule has 2 amide bonds. The van der Waals surface area contributed by atoms with Gasteiger partial charge in [-0.2, -0.15) is 0 Å². The van der Waals surface area contributed by atoms with E-state index in [0.29, 0.717) is 17.9 Å². The molecule has 0 saturated heterocycles. The molecule has 0 radical (unpaired) electrons. The molecule has 1 heterocycles. The predicted molar refractivity (Wildman–Crippen MR) is 109 cm³/mol. The third-order valence-corrected chi connectivity index (χ3v) is 4.26. The minimum atomic E-state index is -0.698. The monoisotopic (exact) mass is 393 g/mol. The van der Waals surface area contributed by atoms with Gasteiger partial charge in [0.2, 0.25) is 0 Å². The van der Waals surface area contributed by atoms with Crippen molar-refractivity contribution in [3.63, 3.8) is 0 Å². The summed E-state index contributed by atoms with van der Waals surface area (Å²) in [7, 11) is 0. The van der Waals surface area contributed by atoms with Crippen LogP contribution in [0.2, 0.25) is 0 Å². The Morgan fingerprint density at radius 1 is 0.966 bits per heavy atom. The molecule has 0 aliphatic carbocycles. The van der Waals surface area contributed by atoms with Gasteiger partial charge in [0, 0.05) is 36.7 Å². The molecule has 7 nitrogen and oxygen atoms in total. The fourth-order valence-corrected chi connectivity index (χ4v) is 2.68. The summed E-state index contributed by atoms with van der Waals surface area (Å²) in [5, 5.41) is 14.7. The van der Waals surface area contributed by atoms with E-state index in [-0.39, 0.29) is 24.1 Å². The molecule has 1 atom stereocenters. The number of rotatable bonds is 8. The summed E-state index contributed by atoms with van der Waals surface area (Å²) in [6, 6.07) is 17.3. The highest BCUT2D eigenvalue weighted by Gasteiger charge is 2.14. The van der Waals surface area contributed by atoms with Crippen molar-refractivity contribution in [3.8, 4) is 17.2 Å². The summed E-state index contributed by atoms with van der Waals surface area (Å²) in [4.78, 5) is 24.3. The highest BCUT2D eigenvalue weighted by atomic mass is 16.5. The van der Waals surface area contributed by atoms with Crippen molar-refractivity contribution in [1.29, 1.82) is 0 Å². The van der Waals surface area contributed by atoms with Crippen molar-refractivity contribution in [2.75, 3.05) is 13.1 Å². The molecular formula is C22H23N3O4. The largest absolute Gasteiger partial charge is 0.508 e. The van der Waals surface area contributed by atoms with Crippen LogP contribution in [0.5, 0.6) is 11.5 Å². The Morgan fingerprint density at radius 3 is 2.24 bits per heavy atom. The summed E-state index contributed by atoms with van der Waals surface area (Å²) in [6.07, 6.45) is 3.17. The van der Waals surface area contributed by atoms with Gasteiger partial charge < -0.3 is 25.0 Å². The van der Waals surface area contributed by atoms with Crippen molar-refractivity contribution in [2.24, 2.45) is 0 Å². The molecule has 150 valence electrons. The average Bonchev–Trinajstić information content (AvgIpc) is 3.27. The first kappa shape index (κ1) is 20.0. The van der Waals surface area contributed by atoms with Gasteiger partial charge in [0.05, 0.1) is 0 Å². The van der Waals surface area contributed by atoms with Crippen LogP contribution in [0.1, 0.15) is 17.3 Å². The van der Waals surface area contributed by atoms with E-state index in [1.807, 2.05) is 41.2 Å². The van der Waals surface area contributed by atoms with Crippen molar-refractivity contribution in [1.82, 2.24) is 15.2 Å². The SMILES string of the molecule is CC(Oc1ccc(O)cc1)C(=O)NCCNC(=O)c1ccc(-n2cccc2)cc1. The standard InChI is InChI=1S/C22H23N3O4/c1-16(29-20-10-8-19(26)9-11-20)21(27)23-12-13-24-22(28)17-4-6-18(7-5-17)25-14-2-3-15-25/h2-11,14-16,26H,12-13H2,1H3,(H,23,27)(H,24,28). The topological polar surface area (TPSA) is 92.6 Å². The minimum Gasteiger partial charge on any atom is -0.508 e. The Morgan fingerprint density at radius 2 is 1.59 bits per heavy atom. The third-order valence-electron chi connectivity index (χ3n) is 4.26. The molecule has 2 aromatic carbocycles. The zero-order valence-electron chi connectivity index (χ0n) is 16.0. The number of hydrogen-bond donors (Lipinski definition) is 3. The molecule has 0 aliphatic heterocycles. The summed E-state index contributed by atoms with van der Waals surface area (Å²) in [6.45, 7) is 2.22. The highest BCUT2D eigenvalue weighted by molar-refractivity contribution is 5.94. The molecule has 0 saturated carbocycles. The van der Waals surface area contributed by atoms with Crippen LogP contribution in [-0.4, -0.2) is 40.7 Å². The van der Waals surface area contributed by atoms with Gasteiger partial charge in [-0.1, -0.05) is 0 Å². The second-order valence-electron chi connectivity index (χ2n) is 6.44. The smallest absolute Gasteiger partial charge is 0.260 e. The number of carbonyl (C=O) groups excluding carboxylic acids is 2. The van der Waals surface area contributed by atoms with Crippen molar-refractivity contribution in [2.45, 2.75) is 13.0 Å². The van der Waals surface area contributed by atoms with Crippen molar-refractivity contribution < 1.29 is 19.4 Å². The van der Waals surface area contributed by atoms with Crippen LogP contribution >= 0.6 is 0 Å². The van der Waals surface area contributed by atoms with Crippen molar-refractivity contribution in [3.05, 3.63) is 78.6 Å². The van der Waals surface area contributed by atoms with Crippen LogP contribution in [0.4, 0.5) is 0 Å². The number of aromatic hydroxyl groups is 1. The summed E-state index contributed by atoms with van der Waals surface area (Å²) >= 11 is 0. The van der Waals surface area contributed by atoms with Crippen LogP contribution in [0.3, 0.4) is 0 Å². The van der Waals surface area contributed by atoms with Crippen LogP contribution in [0.15, 0.2) is 73.1 Å². The van der Waals surface area contributed by atoms with E-state index in [0.717, 1.165) is 5.69 Å². The predicted octanol–water partition coefficient (Wildman–Crippen LogP) is 2.50. The van der Waals surface area contributed by atoms with Crippen LogP contribution < -0.4 is 15.4 Å². The molecule has 3 rings (SSSR count). The first-order valence-corrected chi connectivity index (χ1v) is 9.28. The normalized spacial score (nSPS) is 11.5. The number of hydrogen-bond acceptors (Lipinski definition) is 4. The lowest BCUT2D eigenvalue weighted by atomic mass is 10.2. The number of ether oxygens (including phenoxy) is 1. The quantitative estimate of drug-likeness (QED) is 0.513. The van der Waals surface area contributed by atoms with Crippen LogP contribution in [-0.2, 0) is 4.79 Å². The molecule has 29 heavy (non-hydrogen) atoms. The van der Waals surface area contributed by atoms with Gasteiger partial charge >= 0.3 is 0 Å². The first-order valence-electron chi connectivity index (χ1n) is 9.28.